The Hall–Kier alpha value is -2.61. The van der Waals surface area contributed by atoms with Gasteiger partial charge >= 0.3 is 0 Å². The summed E-state index contributed by atoms with van der Waals surface area (Å²) in [5, 5.41) is 15.4. The summed E-state index contributed by atoms with van der Waals surface area (Å²) in [6, 6.07) is 5.54. The second-order valence-corrected chi connectivity index (χ2v) is 9.01. The van der Waals surface area contributed by atoms with Crippen LogP contribution < -0.4 is 15.4 Å². The second-order valence-electron chi connectivity index (χ2n) is 9.01. The third-order valence-electron chi connectivity index (χ3n) is 6.58. The van der Waals surface area contributed by atoms with E-state index in [0.29, 0.717) is 31.4 Å². The molecule has 32 heavy (non-hydrogen) atoms. The second kappa shape index (κ2) is 10.3. The Labute approximate surface area is 189 Å². The lowest BCUT2D eigenvalue weighted by Crippen LogP contribution is -2.39. The van der Waals surface area contributed by atoms with Crippen molar-refractivity contribution < 1.29 is 19.4 Å². The first-order valence-electron chi connectivity index (χ1n) is 11.9. The van der Waals surface area contributed by atoms with E-state index < -0.39 is 6.04 Å². The minimum atomic E-state index is -0.591. The van der Waals surface area contributed by atoms with Gasteiger partial charge in [-0.15, -0.1) is 0 Å². The summed E-state index contributed by atoms with van der Waals surface area (Å²) in [6.45, 7) is 2.42. The van der Waals surface area contributed by atoms with E-state index in [9.17, 15) is 14.7 Å². The Morgan fingerprint density at radius 3 is 2.91 bits per heavy atom. The zero-order chi connectivity index (χ0) is 22.5. The van der Waals surface area contributed by atoms with Crippen LogP contribution in [0, 0.1) is 0 Å². The number of fused-ring (bicyclic) bond motifs is 2. The molecule has 0 spiro atoms. The number of carbonyl (C=O) groups is 2. The summed E-state index contributed by atoms with van der Waals surface area (Å²) in [7, 11) is 0. The minimum absolute atomic E-state index is 0.0278. The quantitative estimate of drug-likeness (QED) is 0.517. The fraction of sp³-hybridized carbons (Fsp3) is 0.625. The molecule has 2 unspecified atom stereocenters. The van der Waals surface area contributed by atoms with Crippen molar-refractivity contribution in [1.82, 2.24) is 15.5 Å². The highest BCUT2D eigenvalue weighted by molar-refractivity contribution is 6.07. The van der Waals surface area contributed by atoms with Crippen molar-refractivity contribution in [2.24, 2.45) is 4.99 Å². The normalized spacial score (nSPS) is 20.9. The van der Waals surface area contributed by atoms with Gasteiger partial charge in [-0.2, -0.15) is 0 Å². The van der Waals surface area contributed by atoms with Crippen LogP contribution in [0.25, 0.3) is 0 Å². The molecule has 2 amide bonds. The summed E-state index contributed by atoms with van der Waals surface area (Å²) in [5.74, 6) is 1.09. The van der Waals surface area contributed by atoms with Gasteiger partial charge in [0.25, 0.3) is 5.91 Å². The average Bonchev–Trinajstić information content (AvgIpc) is 3.40. The number of nitrogens with zero attached hydrogens (tertiary/aromatic N) is 2. The number of ether oxygens (including phenoxy) is 1. The van der Waals surface area contributed by atoms with Gasteiger partial charge in [-0.25, -0.2) is 4.99 Å². The average molecular weight is 443 g/mol. The van der Waals surface area contributed by atoms with Gasteiger partial charge in [0.05, 0.1) is 18.4 Å². The van der Waals surface area contributed by atoms with E-state index in [1.54, 1.807) is 4.90 Å². The third kappa shape index (κ3) is 5.23. The van der Waals surface area contributed by atoms with Crippen LogP contribution in [0.2, 0.25) is 0 Å². The number of aliphatic hydroxyl groups is 1. The Kier molecular flexibility index (Phi) is 7.29. The molecule has 3 N–H and O–H groups in total. The molecule has 2 heterocycles. The summed E-state index contributed by atoms with van der Waals surface area (Å²) in [5.41, 5.74) is 1.75. The molecule has 1 aliphatic carbocycles. The molecule has 0 bridgehead atoms. The van der Waals surface area contributed by atoms with Crippen LogP contribution in [0.1, 0.15) is 70.3 Å². The highest BCUT2D eigenvalue weighted by atomic mass is 16.5. The van der Waals surface area contributed by atoms with Crippen LogP contribution in [0.3, 0.4) is 0 Å². The number of nitrogens with one attached hydrogen (secondary N) is 2. The monoisotopic (exact) mass is 442 g/mol. The van der Waals surface area contributed by atoms with Gasteiger partial charge < -0.3 is 20.1 Å². The van der Waals surface area contributed by atoms with Crippen molar-refractivity contribution in [2.75, 3.05) is 6.61 Å². The molecule has 1 aromatic rings. The summed E-state index contributed by atoms with van der Waals surface area (Å²) in [4.78, 5) is 30.7. The number of aliphatic imine (C=N–C) groups is 1. The standard InChI is InChI=1S/C24H34N4O4/c1-2-3-8-18(11-12-22(30)25-17-6-4-5-7-17)32-19-10-9-16-14-28-21(15-29)23(31)27-24(28)26-20(16)13-19/h9-10,13,17-18,21,29H,2-8,11-12,14-15H2,1H3,(H,25,30)(H,26,27,31). The van der Waals surface area contributed by atoms with E-state index in [2.05, 4.69) is 22.5 Å². The maximum atomic E-state index is 12.4. The molecule has 0 aromatic heterocycles. The van der Waals surface area contributed by atoms with E-state index in [-0.39, 0.29) is 24.5 Å². The van der Waals surface area contributed by atoms with Gasteiger partial charge in [0.2, 0.25) is 11.9 Å². The summed E-state index contributed by atoms with van der Waals surface area (Å²) < 4.78 is 6.29. The molecule has 8 heteroatoms. The smallest absolute Gasteiger partial charge is 0.251 e. The lowest BCUT2D eigenvalue weighted by Gasteiger charge is -2.27. The molecular formula is C24H34N4O4. The maximum absolute atomic E-state index is 12.4. The van der Waals surface area contributed by atoms with E-state index in [1.807, 2.05) is 18.2 Å². The molecule has 2 atom stereocenters. The number of hydrogen-bond acceptors (Lipinski definition) is 6. The largest absolute Gasteiger partial charge is 0.490 e. The van der Waals surface area contributed by atoms with Gasteiger partial charge in [-0.05, 0) is 37.3 Å². The van der Waals surface area contributed by atoms with E-state index in [1.165, 1.54) is 12.8 Å². The van der Waals surface area contributed by atoms with Crippen LogP contribution in [-0.4, -0.2) is 52.6 Å². The van der Waals surface area contributed by atoms with Crippen molar-refractivity contribution >= 4 is 23.5 Å². The first-order valence-corrected chi connectivity index (χ1v) is 11.9. The molecule has 3 aliphatic rings. The topological polar surface area (TPSA) is 103 Å². The molecule has 1 saturated heterocycles. The predicted octanol–water partition coefficient (Wildman–Crippen LogP) is 2.76. The summed E-state index contributed by atoms with van der Waals surface area (Å²) >= 11 is 0. The lowest BCUT2D eigenvalue weighted by molar-refractivity contribution is -0.123. The molecule has 4 rings (SSSR count). The molecule has 2 aliphatic heterocycles. The number of rotatable bonds is 10. The van der Waals surface area contributed by atoms with Crippen molar-refractivity contribution in [3.8, 4) is 5.75 Å². The maximum Gasteiger partial charge on any atom is 0.251 e. The number of benzene rings is 1. The molecule has 1 aromatic carbocycles. The number of hydrogen-bond donors (Lipinski definition) is 3. The van der Waals surface area contributed by atoms with E-state index >= 15 is 0 Å². The van der Waals surface area contributed by atoms with Crippen LogP contribution in [0.15, 0.2) is 23.2 Å². The predicted molar refractivity (Wildman–Crippen MR) is 122 cm³/mol. The van der Waals surface area contributed by atoms with Gasteiger partial charge in [-0.3, -0.25) is 14.9 Å². The highest BCUT2D eigenvalue weighted by Crippen LogP contribution is 2.33. The van der Waals surface area contributed by atoms with Gasteiger partial charge in [-0.1, -0.05) is 38.7 Å². The molecule has 2 fully saturated rings. The van der Waals surface area contributed by atoms with Crippen molar-refractivity contribution in [2.45, 2.75) is 89.4 Å². The zero-order valence-electron chi connectivity index (χ0n) is 18.8. The van der Waals surface area contributed by atoms with Crippen molar-refractivity contribution in [3.63, 3.8) is 0 Å². The lowest BCUT2D eigenvalue weighted by atomic mass is 10.1. The fourth-order valence-electron chi connectivity index (χ4n) is 4.71. The first kappa shape index (κ1) is 22.6. The Morgan fingerprint density at radius 1 is 1.34 bits per heavy atom. The van der Waals surface area contributed by atoms with Crippen LogP contribution in [0.5, 0.6) is 5.75 Å². The van der Waals surface area contributed by atoms with E-state index in [0.717, 1.165) is 49.1 Å². The Balaban J connectivity index is 1.38. The van der Waals surface area contributed by atoms with E-state index in [4.69, 9.17) is 4.74 Å². The molecule has 1 saturated carbocycles. The molecule has 0 radical (unpaired) electrons. The Bertz CT molecular complexity index is 866. The van der Waals surface area contributed by atoms with Crippen LogP contribution >= 0.6 is 0 Å². The SMILES string of the molecule is CCCCC(CCC(=O)NC1CCCC1)Oc1ccc2c(c1)N=C1NC(=O)C(CO)N1C2. The van der Waals surface area contributed by atoms with Crippen LogP contribution in [-0.2, 0) is 16.1 Å². The summed E-state index contributed by atoms with van der Waals surface area (Å²) in [6.07, 6.45) is 8.76. The van der Waals surface area contributed by atoms with Gasteiger partial charge in [0, 0.05) is 25.1 Å². The molecular weight excluding hydrogens is 408 g/mol. The van der Waals surface area contributed by atoms with Crippen molar-refractivity contribution in [3.05, 3.63) is 23.8 Å². The Morgan fingerprint density at radius 2 is 2.16 bits per heavy atom. The third-order valence-corrected chi connectivity index (χ3v) is 6.58. The van der Waals surface area contributed by atoms with Crippen LogP contribution in [0.4, 0.5) is 5.69 Å². The number of guanidine groups is 1. The van der Waals surface area contributed by atoms with Gasteiger partial charge in [0.15, 0.2) is 0 Å². The number of amides is 2. The molecule has 8 nitrogen and oxygen atoms in total. The van der Waals surface area contributed by atoms with Crippen molar-refractivity contribution in [1.29, 1.82) is 0 Å². The minimum Gasteiger partial charge on any atom is -0.490 e. The number of carbonyl (C=O) groups excluding carboxylic acids is 2. The molecule has 174 valence electrons. The number of unbranched alkanes of at least 4 members (excludes halogenated alkanes) is 1. The fourth-order valence-corrected chi connectivity index (χ4v) is 4.71. The van der Waals surface area contributed by atoms with Gasteiger partial charge in [0.1, 0.15) is 11.8 Å². The highest BCUT2D eigenvalue weighted by Gasteiger charge is 2.38. The number of aliphatic hydroxyl groups excluding tert-OH is 1. The zero-order valence-corrected chi connectivity index (χ0v) is 18.8. The first-order chi connectivity index (χ1) is 15.6.